The van der Waals surface area contributed by atoms with Crippen LogP contribution in [0.3, 0.4) is 0 Å². The number of hydrogen-bond donors (Lipinski definition) is 2. The Bertz CT molecular complexity index is 661. The normalized spacial score (nSPS) is 10.2. The monoisotopic (exact) mass is 284 g/mol. The highest BCUT2D eigenvalue weighted by Gasteiger charge is 2.15. The molecule has 0 saturated carbocycles. The molecule has 0 aliphatic rings. The Morgan fingerprint density at radius 3 is 2.10 bits per heavy atom. The molecular formula is C13H8F4N2O. The summed E-state index contributed by atoms with van der Waals surface area (Å²) in [6.07, 6.45) is 0. The molecule has 104 valence electrons. The van der Waals surface area contributed by atoms with Crippen LogP contribution in [0, 0.1) is 23.3 Å². The first-order valence-electron chi connectivity index (χ1n) is 5.45. The Hall–Kier alpha value is -2.57. The summed E-state index contributed by atoms with van der Waals surface area (Å²) in [5.74, 6) is -5.29. The number of hydrogen-bond acceptors (Lipinski definition) is 1. The molecular weight excluding hydrogens is 276 g/mol. The number of amides is 2. The number of halogens is 4. The maximum absolute atomic E-state index is 13.3. The van der Waals surface area contributed by atoms with Gasteiger partial charge in [0, 0.05) is 0 Å². The Morgan fingerprint density at radius 2 is 1.40 bits per heavy atom. The number of urea groups is 1. The van der Waals surface area contributed by atoms with Gasteiger partial charge in [0.25, 0.3) is 0 Å². The van der Waals surface area contributed by atoms with E-state index in [0.717, 1.165) is 12.1 Å². The molecule has 0 radical (unpaired) electrons. The molecule has 2 N–H and O–H groups in total. The van der Waals surface area contributed by atoms with E-state index in [-0.39, 0.29) is 5.69 Å². The summed E-state index contributed by atoms with van der Waals surface area (Å²) in [4.78, 5) is 11.5. The number of rotatable bonds is 2. The second kappa shape index (κ2) is 5.60. The van der Waals surface area contributed by atoms with Crippen molar-refractivity contribution in [1.29, 1.82) is 0 Å². The molecule has 0 spiro atoms. The number of nitrogens with one attached hydrogen (secondary N) is 2. The molecule has 20 heavy (non-hydrogen) atoms. The van der Waals surface area contributed by atoms with E-state index in [4.69, 9.17) is 0 Å². The SMILES string of the molecule is O=C(Nc1ccccc1F)Nc1ccc(F)c(F)c1F. The second-order valence-corrected chi connectivity index (χ2v) is 3.78. The maximum Gasteiger partial charge on any atom is 0.323 e. The van der Waals surface area contributed by atoms with E-state index in [0.29, 0.717) is 6.07 Å². The van der Waals surface area contributed by atoms with Crippen LogP contribution in [-0.4, -0.2) is 6.03 Å². The average Bonchev–Trinajstić information content (AvgIpc) is 2.42. The van der Waals surface area contributed by atoms with Crippen LogP contribution in [0.2, 0.25) is 0 Å². The minimum atomic E-state index is -1.70. The predicted octanol–water partition coefficient (Wildman–Crippen LogP) is 3.89. The van der Waals surface area contributed by atoms with Gasteiger partial charge in [0.2, 0.25) is 0 Å². The van der Waals surface area contributed by atoms with Crippen LogP contribution >= 0.6 is 0 Å². The van der Waals surface area contributed by atoms with Crippen molar-refractivity contribution in [1.82, 2.24) is 0 Å². The first-order valence-corrected chi connectivity index (χ1v) is 5.45. The molecule has 0 atom stereocenters. The van der Waals surface area contributed by atoms with Gasteiger partial charge in [-0.05, 0) is 24.3 Å². The molecule has 3 nitrogen and oxygen atoms in total. The van der Waals surface area contributed by atoms with Crippen molar-refractivity contribution < 1.29 is 22.4 Å². The quantitative estimate of drug-likeness (QED) is 0.637. The summed E-state index contributed by atoms with van der Waals surface area (Å²) in [5.41, 5.74) is -0.689. The molecule has 0 aliphatic carbocycles. The van der Waals surface area contributed by atoms with Gasteiger partial charge in [0.15, 0.2) is 17.5 Å². The molecule has 0 bridgehead atoms. The Kier molecular flexibility index (Phi) is 3.88. The Balaban J connectivity index is 2.13. The molecule has 7 heteroatoms. The van der Waals surface area contributed by atoms with Crippen molar-refractivity contribution in [2.24, 2.45) is 0 Å². The van der Waals surface area contributed by atoms with E-state index in [1.54, 1.807) is 0 Å². The van der Waals surface area contributed by atoms with Crippen LogP contribution in [0.15, 0.2) is 36.4 Å². The lowest BCUT2D eigenvalue weighted by Crippen LogP contribution is -2.21. The third-order valence-electron chi connectivity index (χ3n) is 2.41. The largest absolute Gasteiger partial charge is 0.323 e. The number of carbonyl (C=O) groups excluding carboxylic acids is 1. The highest BCUT2D eigenvalue weighted by molar-refractivity contribution is 5.99. The number of benzene rings is 2. The molecule has 0 heterocycles. The molecule has 2 rings (SSSR count). The van der Waals surface area contributed by atoms with Gasteiger partial charge < -0.3 is 10.6 Å². The van der Waals surface area contributed by atoms with E-state index in [9.17, 15) is 22.4 Å². The molecule has 0 saturated heterocycles. The molecule has 0 aromatic heterocycles. The summed E-state index contributed by atoms with van der Waals surface area (Å²) >= 11 is 0. The fourth-order valence-electron chi connectivity index (χ4n) is 1.46. The van der Waals surface area contributed by atoms with Gasteiger partial charge in [0.1, 0.15) is 5.82 Å². The predicted molar refractivity (Wildman–Crippen MR) is 65.4 cm³/mol. The van der Waals surface area contributed by atoms with Gasteiger partial charge in [-0.2, -0.15) is 0 Å². The van der Waals surface area contributed by atoms with E-state index >= 15 is 0 Å². The standard InChI is InChI=1S/C13H8F4N2O/c14-7-3-1-2-4-9(7)18-13(20)19-10-6-5-8(15)11(16)12(10)17/h1-6H,(H2,18,19,20). The van der Waals surface area contributed by atoms with Gasteiger partial charge >= 0.3 is 6.03 Å². The van der Waals surface area contributed by atoms with Crippen molar-refractivity contribution in [2.45, 2.75) is 0 Å². The maximum atomic E-state index is 13.3. The van der Waals surface area contributed by atoms with Crippen molar-refractivity contribution in [2.75, 3.05) is 10.6 Å². The molecule has 0 aliphatic heterocycles. The van der Waals surface area contributed by atoms with Crippen LogP contribution in [0.5, 0.6) is 0 Å². The van der Waals surface area contributed by atoms with E-state index in [1.807, 2.05) is 5.32 Å². The van der Waals surface area contributed by atoms with Crippen LogP contribution < -0.4 is 10.6 Å². The van der Waals surface area contributed by atoms with Crippen LogP contribution in [-0.2, 0) is 0 Å². The molecule has 2 aromatic carbocycles. The second-order valence-electron chi connectivity index (χ2n) is 3.78. The van der Waals surface area contributed by atoms with E-state index in [1.165, 1.54) is 18.2 Å². The summed E-state index contributed by atoms with van der Waals surface area (Å²) in [7, 11) is 0. The summed E-state index contributed by atoms with van der Waals surface area (Å²) in [5, 5.41) is 4.07. The van der Waals surface area contributed by atoms with Gasteiger partial charge in [0.05, 0.1) is 11.4 Å². The fourth-order valence-corrected chi connectivity index (χ4v) is 1.46. The molecule has 0 unspecified atom stereocenters. The van der Waals surface area contributed by atoms with Crippen molar-refractivity contribution >= 4 is 17.4 Å². The van der Waals surface area contributed by atoms with E-state index < -0.39 is 35.0 Å². The Morgan fingerprint density at radius 1 is 0.750 bits per heavy atom. The molecule has 2 aromatic rings. The van der Waals surface area contributed by atoms with Gasteiger partial charge in [-0.25, -0.2) is 22.4 Å². The van der Waals surface area contributed by atoms with E-state index in [2.05, 4.69) is 5.32 Å². The lowest BCUT2D eigenvalue weighted by Gasteiger charge is -2.09. The van der Waals surface area contributed by atoms with Gasteiger partial charge in [-0.1, -0.05) is 12.1 Å². The summed E-state index contributed by atoms with van der Waals surface area (Å²) in [6.45, 7) is 0. The zero-order valence-corrected chi connectivity index (χ0v) is 9.88. The lowest BCUT2D eigenvalue weighted by molar-refractivity contribution is 0.262. The minimum absolute atomic E-state index is 0.131. The summed E-state index contributed by atoms with van der Waals surface area (Å²) < 4.78 is 52.2. The van der Waals surface area contributed by atoms with Crippen molar-refractivity contribution in [3.05, 3.63) is 59.7 Å². The number of para-hydroxylation sites is 1. The smallest absolute Gasteiger partial charge is 0.305 e. The van der Waals surface area contributed by atoms with Crippen LogP contribution in [0.4, 0.5) is 33.7 Å². The highest BCUT2D eigenvalue weighted by atomic mass is 19.2. The third-order valence-corrected chi connectivity index (χ3v) is 2.41. The zero-order valence-electron chi connectivity index (χ0n) is 9.88. The first kappa shape index (κ1) is 13.9. The molecule has 2 amide bonds. The van der Waals surface area contributed by atoms with Crippen LogP contribution in [0.25, 0.3) is 0 Å². The third kappa shape index (κ3) is 2.87. The molecule has 0 fully saturated rings. The van der Waals surface area contributed by atoms with Gasteiger partial charge in [-0.3, -0.25) is 0 Å². The fraction of sp³-hybridized carbons (Fsp3) is 0. The minimum Gasteiger partial charge on any atom is -0.305 e. The number of carbonyl (C=O) groups is 1. The topological polar surface area (TPSA) is 41.1 Å². The van der Waals surface area contributed by atoms with Crippen LogP contribution in [0.1, 0.15) is 0 Å². The zero-order chi connectivity index (χ0) is 14.7. The first-order chi connectivity index (χ1) is 9.49. The highest BCUT2D eigenvalue weighted by Crippen LogP contribution is 2.20. The van der Waals surface area contributed by atoms with Crippen molar-refractivity contribution in [3.63, 3.8) is 0 Å². The summed E-state index contributed by atoms with van der Waals surface area (Å²) in [6, 6.07) is 5.85. The average molecular weight is 284 g/mol. The van der Waals surface area contributed by atoms with Crippen molar-refractivity contribution in [3.8, 4) is 0 Å². The number of anilines is 2. The lowest BCUT2D eigenvalue weighted by atomic mass is 10.3. The van der Waals surface area contributed by atoms with Gasteiger partial charge in [-0.15, -0.1) is 0 Å². The Labute approximate surface area is 111 Å².